The van der Waals surface area contributed by atoms with Gasteiger partial charge in [-0.15, -0.1) is 12.4 Å². The molecule has 0 aliphatic heterocycles. The van der Waals surface area contributed by atoms with E-state index >= 15 is 0 Å². The number of carbonyl (C=O) groups is 2. The largest absolute Gasteiger partial charge is 0.345 e. The SMILES string of the molecule is CCC(CC)(CN)C(=O)Nc1ccc(C(=O)N(C)C)c(C)c1.Cl. The predicted octanol–water partition coefficient (Wildman–Crippen LogP) is 2.82. The Kier molecular flexibility index (Phi) is 8.28. The Balaban J connectivity index is 0.00000484. The van der Waals surface area contributed by atoms with E-state index in [0.29, 0.717) is 30.6 Å². The molecule has 23 heavy (non-hydrogen) atoms. The summed E-state index contributed by atoms with van der Waals surface area (Å²) in [7, 11) is 3.44. The molecule has 0 aliphatic carbocycles. The Morgan fingerprint density at radius 2 is 1.78 bits per heavy atom. The highest BCUT2D eigenvalue weighted by Crippen LogP contribution is 2.27. The number of hydrogen-bond donors (Lipinski definition) is 2. The van der Waals surface area contributed by atoms with Gasteiger partial charge in [0.15, 0.2) is 0 Å². The topological polar surface area (TPSA) is 75.4 Å². The van der Waals surface area contributed by atoms with Crippen molar-refractivity contribution in [2.75, 3.05) is 26.0 Å². The summed E-state index contributed by atoms with van der Waals surface area (Å²) in [4.78, 5) is 26.1. The maximum Gasteiger partial charge on any atom is 0.253 e. The number of aryl methyl sites for hydroxylation is 1. The summed E-state index contributed by atoms with van der Waals surface area (Å²) < 4.78 is 0. The van der Waals surface area contributed by atoms with Crippen molar-refractivity contribution in [1.29, 1.82) is 0 Å². The minimum absolute atomic E-state index is 0. The van der Waals surface area contributed by atoms with E-state index in [9.17, 15) is 9.59 Å². The molecule has 130 valence electrons. The smallest absolute Gasteiger partial charge is 0.253 e. The van der Waals surface area contributed by atoms with E-state index in [1.807, 2.05) is 26.8 Å². The van der Waals surface area contributed by atoms with Crippen molar-refractivity contribution in [3.05, 3.63) is 29.3 Å². The first kappa shape index (κ1) is 21.4. The van der Waals surface area contributed by atoms with Crippen LogP contribution in [0.4, 0.5) is 5.69 Å². The molecule has 0 unspecified atom stereocenters. The molecular formula is C17H28ClN3O2. The number of nitrogens with zero attached hydrogens (tertiary/aromatic N) is 1. The number of anilines is 1. The van der Waals surface area contributed by atoms with Gasteiger partial charge in [0.25, 0.3) is 5.91 Å². The van der Waals surface area contributed by atoms with E-state index < -0.39 is 5.41 Å². The zero-order valence-electron chi connectivity index (χ0n) is 14.6. The Morgan fingerprint density at radius 1 is 1.22 bits per heavy atom. The van der Waals surface area contributed by atoms with E-state index in [1.165, 1.54) is 4.90 Å². The van der Waals surface area contributed by atoms with E-state index in [0.717, 1.165) is 5.56 Å². The molecule has 0 spiro atoms. The standard InChI is InChI=1S/C17H27N3O2.ClH/c1-6-17(7-2,11-18)16(22)19-13-8-9-14(12(3)10-13)15(21)20(4)5;/h8-10H,6-7,11,18H2,1-5H3,(H,19,22);1H. The lowest BCUT2D eigenvalue weighted by atomic mass is 9.81. The van der Waals surface area contributed by atoms with Gasteiger partial charge in [-0.3, -0.25) is 9.59 Å². The second-order valence-electron chi connectivity index (χ2n) is 5.87. The zero-order chi connectivity index (χ0) is 16.9. The van der Waals surface area contributed by atoms with Crippen LogP contribution >= 0.6 is 12.4 Å². The molecular weight excluding hydrogens is 314 g/mol. The molecule has 0 radical (unpaired) electrons. The van der Waals surface area contributed by atoms with Crippen LogP contribution in [0.1, 0.15) is 42.6 Å². The number of halogens is 1. The summed E-state index contributed by atoms with van der Waals surface area (Å²) in [5.41, 5.74) is 7.43. The van der Waals surface area contributed by atoms with Gasteiger partial charge < -0.3 is 16.0 Å². The molecule has 0 fully saturated rings. The van der Waals surface area contributed by atoms with Crippen molar-refractivity contribution in [3.63, 3.8) is 0 Å². The molecule has 1 aromatic carbocycles. The van der Waals surface area contributed by atoms with Gasteiger partial charge in [-0.05, 0) is 43.5 Å². The highest BCUT2D eigenvalue weighted by molar-refractivity contribution is 5.98. The van der Waals surface area contributed by atoms with Crippen LogP contribution in [0.3, 0.4) is 0 Å². The fourth-order valence-electron chi connectivity index (χ4n) is 2.44. The van der Waals surface area contributed by atoms with Crippen LogP contribution in [0.2, 0.25) is 0 Å². The molecule has 0 atom stereocenters. The number of amides is 2. The number of hydrogen-bond acceptors (Lipinski definition) is 3. The third-order valence-electron chi connectivity index (χ3n) is 4.35. The summed E-state index contributed by atoms with van der Waals surface area (Å²) in [5, 5.41) is 2.93. The van der Waals surface area contributed by atoms with Crippen LogP contribution in [-0.4, -0.2) is 37.4 Å². The predicted molar refractivity (Wildman–Crippen MR) is 97.1 cm³/mol. The molecule has 0 bridgehead atoms. The van der Waals surface area contributed by atoms with Gasteiger partial charge >= 0.3 is 0 Å². The molecule has 2 amide bonds. The van der Waals surface area contributed by atoms with Crippen molar-refractivity contribution in [1.82, 2.24) is 4.90 Å². The minimum Gasteiger partial charge on any atom is -0.345 e. The van der Waals surface area contributed by atoms with E-state index in [-0.39, 0.29) is 24.2 Å². The first-order valence-corrected chi connectivity index (χ1v) is 7.65. The zero-order valence-corrected chi connectivity index (χ0v) is 15.4. The van der Waals surface area contributed by atoms with Crippen molar-refractivity contribution in [2.24, 2.45) is 11.1 Å². The van der Waals surface area contributed by atoms with Gasteiger partial charge in [0.1, 0.15) is 0 Å². The van der Waals surface area contributed by atoms with Crippen LogP contribution < -0.4 is 11.1 Å². The summed E-state index contributed by atoms with van der Waals surface area (Å²) in [6.45, 7) is 6.13. The lowest BCUT2D eigenvalue weighted by Gasteiger charge is -2.28. The molecule has 6 heteroatoms. The summed E-state index contributed by atoms with van der Waals surface area (Å²) in [6, 6.07) is 5.32. The van der Waals surface area contributed by atoms with Gasteiger partial charge in [0.2, 0.25) is 5.91 Å². The monoisotopic (exact) mass is 341 g/mol. The van der Waals surface area contributed by atoms with Crippen LogP contribution in [-0.2, 0) is 4.79 Å². The Hall–Kier alpha value is -1.59. The van der Waals surface area contributed by atoms with E-state index in [4.69, 9.17) is 5.73 Å². The molecule has 0 saturated carbocycles. The second kappa shape index (κ2) is 8.89. The van der Waals surface area contributed by atoms with Crippen LogP contribution in [0, 0.1) is 12.3 Å². The maximum atomic E-state index is 12.5. The number of nitrogens with two attached hydrogens (primary N) is 1. The van der Waals surface area contributed by atoms with Gasteiger partial charge in [0, 0.05) is 31.9 Å². The number of rotatable bonds is 6. The lowest BCUT2D eigenvalue weighted by Crippen LogP contribution is -2.41. The lowest BCUT2D eigenvalue weighted by molar-refractivity contribution is -0.125. The molecule has 0 aromatic heterocycles. The maximum absolute atomic E-state index is 12.5. The van der Waals surface area contributed by atoms with Crippen LogP contribution in [0.5, 0.6) is 0 Å². The average Bonchev–Trinajstić information content (AvgIpc) is 2.49. The highest BCUT2D eigenvalue weighted by atomic mass is 35.5. The van der Waals surface area contributed by atoms with Crippen molar-refractivity contribution < 1.29 is 9.59 Å². The fourth-order valence-corrected chi connectivity index (χ4v) is 2.44. The molecule has 0 saturated heterocycles. The number of carbonyl (C=O) groups excluding carboxylic acids is 2. The molecule has 1 aromatic rings. The molecule has 3 N–H and O–H groups in total. The van der Waals surface area contributed by atoms with Gasteiger partial charge in [0.05, 0.1) is 5.41 Å². The Bertz CT molecular complexity index is 547. The van der Waals surface area contributed by atoms with Gasteiger partial charge in [-0.2, -0.15) is 0 Å². The van der Waals surface area contributed by atoms with Gasteiger partial charge in [-0.1, -0.05) is 13.8 Å². The quantitative estimate of drug-likeness (QED) is 0.835. The van der Waals surface area contributed by atoms with Gasteiger partial charge in [-0.25, -0.2) is 0 Å². The van der Waals surface area contributed by atoms with Crippen LogP contribution in [0.25, 0.3) is 0 Å². The summed E-state index contributed by atoms with van der Waals surface area (Å²) in [6.07, 6.45) is 1.39. The third kappa shape index (κ3) is 4.69. The molecule has 5 nitrogen and oxygen atoms in total. The summed E-state index contributed by atoms with van der Waals surface area (Å²) in [5.74, 6) is -0.111. The van der Waals surface area contributed by atoms with Crippen LogP contribution in [0.15, 0.2) is 18.2 Å². The summed E-state index contributed by atoms with van der Waals surface area (Å²) >= 11 is 0. The number of nitrogens with one attached hydrogen (secondary N) is 1. The molecule has 1 rings (SSSR count). The second-order valence-corrected chi connectivity index (χ2v) is 5.87. The highest BCUT2D eigenvalue weighted by Gasteiger charge is 2.33. The number of benzene rings is 1. The third-order valence-corrected chi connectivity index (χ3v) is 4.35. The molecule has 0 heterocycles. The first-order valence-electron chi connectivity index (χ1n) is 7.65. The van der Waals surface area contributed by atoms with Crippen molar-refractivity contribution in [2.45, 2.75) is 33.6 Å². The van der Waals surface area contributed by atoms with E-state index in [1.54, 1.807) is 26.2 Å². The fraction of sp³-hybridized carbons (Fsp3) is 0.529. The molecule has 0 aliphatic rings. The van der Waals surface area contributed by atoms with Crippen molar-refractivity contribution in [3.8, 4) is 0 Å². The average molecular weight is 342 g/mol. The minimum atomic E-state index is -0.536. The Labute approximate surface area is 145 Å². The normalized spacial score (nSPS) is 10.7. The van der Waals surface area contributed by atoms with Crippen molar-refractivity contribution >= 4 is 29.9 Å². The Morgan fingerprint density at radius 3 is 2.17 bits per heavy atom. The first-order chi connectivity index (χ1) is 10.3. The van der Waals surface area contributed by atoms with E-state index in [2.05, 4.69) is 5.32 Å².